The predicted octanol–water partition coefficient (Wildman–Crippen LogP) is 4.86. The molecule has 19 heavy (non-hydrogen) atoms. The minimum absolute atomic E-state index is 0.620. The third kappa shape index (κ3) is 2.35. The lowest BCUT2D eigenvalue weighted by atomic mass is 10.2. The van der Waals surface area contributed by atoms with Crippen LogP contribution in [0.25, 0.3) is 10.2 Å². The van der Waals surface area contributed by atoms with Gasteiger partial charge in [0.25, 0.3) is 0 Å². The summed E-state index contributed by atoms with van der Waals surface area (Å²) in [5, 5.41) is 1.01. The Morgan fingerprint density at radius 1 is 1.11 bits per heavy atom. The molecule has 0 aliphatic carbocycles. The number of aryl methyl sites for hydroxylation is 2. The highest BCUT2D eigenvalue weighted by Crippen LogP contribution is 2.35. The summed E-state index contributed by atoms with van der Waals surface area (Å²) < 4.78 is 6.90. The molecule has 0 atom stereocenters. The van der Waals surface area contributed by atoms with Crippen molar-refractivity contribution in [2.24, 2.45) is 0 Å². The molecule has 2 aromatic heterocycles. The van der Waals surface area contributed by atoms with E-state index in [4.69, 9.17) is 4.74 Å². The summed E-state index contributed by atoms with van der Waals surface area (Å²) in [5.41, 5.74) is 1.19. The van der Waals surface area contributed by atoms with Crippen LogP contribution in [0.3, 0.4) is 0 Å². The van der Waals surface area contributed by atoms with E-state index in [1.807, 2.05) is 24.3 Å². The number of hydrogen-bond donors (Lipinski definition) is 0. The van der Waals surface area contributed by atoms with Crippen molar-refractivity contribution >= 4 is 37.5 Å². The number of benzene rings is 1. The van der Waals surface area contributed by atoms with Gasteiger partial charge in [-0.3, -0.25) is 0 Å². The maximum absolute atomic E-state index is 5.88. The Morgan fingerprint density at radius 3 is 2.58 bits per heavy atom. The number of fused-ring (bicyclic) bond motifs is 1. The highest BCUT2D eigenvalue weighted by Gasteiger charge is 2.13. The zero-order valence-corrected chi connectivity index (χ0v) is 12.9. The summed E-state index contributed by atoms with van der Waals surface area (Å²) in [6.07, 6.45) is 1.55. The molecule has 5 heteroatoms. The first kappa shape index (κ1) is 12.6. The van der Waals surface area contributed by atoms with Crippen molar-refractivity contribution in [2.75, 3.05) is 0 Å². The number of aromatic nitrogens is 2. The summed E-state index contributed by atoms with van der Waals surface area (Å²) in [5.74, 6) is 1.39. The Hall–Kier alpha value is -1.46. The topological polar surface area (TPSA) is 35.0 Å². The fraction of sp³-hybridized carbons (Fsp3) is 0.143. The molecule has 0 fully saturated rings. The minimum Gasteiger partial charge on any atom is -0.438 e. The van der Waals surface area contributed by atoms with E-state index in [2.05, 4.69) is 39.7 Å². The van der Waals surface area contributed by atoms with E-state index < -0.39 is 0 Å². The quantitative estimate of drug-likeness (QED) is 0.671. The van der Waals surface area contributed by atoms with Gasteiger partial charge in [-0.1, -0.05) is 15.9 Å². The van der Waals surface area contributed by atoms with Gasteiger partial charge in [-0.25, -0.2) is 9.97 Å². The van der Waals surface area contributed by atoms with Crippen molar-refractivity contribution < 1.29 is 4.74 Å². The second kappa shape index (κ2) is 4.90. The highest BCUT2D eigenvalue weighted by atomic mass is 79.9. The Bertz CT molecular complexity index is 737. The van der Waals surface area contributed by atoms with Gasteiger partial charge in [-0.15, -0.1) is 11.3 Å². The van der Waals surface area contributed by atoms with Crippen LogP contribution in [0.2, 0.25) is 0 Å². The first-order valence-electron chi connectivity index (χ1n) is 5.79. The smallest absolute Gasteiger partial charge is 0.231 e. The number of nitrogens with zero attached hydrogens (tertiary/aromatic N) is 2. The molecule has 0 unspecified atom stereocenters. The molecule has 0 saturated carbocycles. The van der Waals surface area contributed by atoms with Crippen LogP contribution in [-0.2, 0) is 0 Å². The van der Waals surface area contributed by atoms with Crippen LogP contribution in [-0.4, -0.2) is 9.97 Å². The summed E-state index contributed by atoms with van der Waals surface area (Å²) in [7, 11) is 0. The SMILES string of the molecule is Cc1sc2ncnc(Oc3ccc(Br)cc3)c2c1C. The van der Waals surface area contributed by atoms with E-state index in [0.29, 0.717) is 5.88 Å². The Balaban J connectivity index is 2.07. The molecule has 96 valence electrons. The third-order valence-electron chi connectivity index (χ3n) is 2.96. The molecular formula is C14H11BrN2OS. The molecule has 2 heterocycles. The van der Waals surface area contributed by atoms with Gasteiger partial charge in [0.1, 0.15) is 16.9 Å². The molecular weight excluding hydrogens is 324 g/mol. The lowest BCUT2D eigenvalue weighted by Crippen LogP contribution is -1.90. The maximum atomic E-state index is 5.88. The molecule has 0 amide bonds. The molecule has 0 N–H and O–H groups in total. The summed E-state index contributed by atoms with van der Waals surface area (Å²) in [6, 6.07) is 7.71. The average Bonchev–Trinajstić information content (AvgIpc) is 2.69. The highest BCUT2D eigenvalue weighted by molar-refractivity contribution is 9.10. The number of hydrogen-bond acceptors (Lipinski definition) is 4. The number of ether oxygens (including phenoxy) is 1. The van der Waals surface area contributed by atoms with Crippen LogP contribution < -0.4 is 4.74 Å². The predicted molar refractivity (Wildman–Crippen MR) is 81.1 cm³/mol. The molecule has 0 spiro atoms. The van der Waals surface area contributed by atoms with Crippen LogP contribution >= 0.6 is 27.3 Å². The molecule has 0 radical (unpaired) electrons. The Kier molecular flexibility index (Phi) is 3.24. The molecule has 0 saturated heterocycles. The van der Waals surface area contributed by atoms with Crippen molar-refractivity contribution in [3.63, 3.8) is 0 Å². The van der Waals surface area contributed by atoms with Crippen molar-refractivity contribution in [3.05, 3.63) is 45.5 Å². The molecule has 0 aliphatic rings. The second-order valence-corrected chi connectivity index (χ2v) is 6.32. The largest absolute Gasteiger partial charge is 0.438 e. The number of rotatable bonds is 2. The maximum Gasteiger partial charge on any atom is 0.231 e. The summed E-state index contributed by atoms with van der Waals surface area (Å²) >= 11 is 5.07. The van der Waals surface area contributed by atoms with Crippen molar-refractivity contribution in [1.82, 2.24) is 9.97 Å². The standard InChI is InChI=1S/C14H11BrN2OS/c1-8-9(2)19-14-12(8)13(16-7-17-14)18-11-5-3-10(15)4-6-11/h3-7H,1-2H3. The zero-order valence-electron chi connectivity index (χ0n) is 10.5. The number of thiophene rings is 1. The van der Waals surface area contributed by atoms with Crippen LogP contribution in [0.5, 0.6) is 11.6 Å². The molecule has 0 aliphatic heterocycles. The summed E-state index contributed by atoms with van der Waals surface area (Å²) in [4.78, 5) is 10.8. The monoisotopic (exact) mass is 334 g/mol. The van der Waals surface area contributed by atoms with Gasteiger partial charge in [0.05, 0.1) is 5.39 Å². The lowest BCUT2D eigenvalue weighted by Gasteiger charge is -2.06. The van der Waals surface area contributed by atoms with Gasteiger partial charge >= 0.3 is 0 Å². The summed E-state index contributed by atoms with van der Waals surface area (Å²) in [6.45, 7) is 4.16. The van der Waals surface area contributed by atoms with Crippen LogP contribution in [0.1, 0.15) is 10.4 Å². The van der Waals surface area contributed by atoms with Gasteiger partial charge in [-0.05, 0) is 43.7 Å². The minimum atomic E-state index is 0.620. The average molecular weight is 335 g/mol. The molecule has 3 rings (SSSR count). The zero-order chi connectivity index (χ0) is 13.4. The van der Waals surface area contributed by atoms with Crippen molar-refractivity contribution in [3.8, 4) is 11.6 Å². The van der Waals surface area contributed by atoms with Crippen molar-refractivity contribution in [1.29, 1.82) is 0 Å². The van der Waals surface area contributed by atoms with Crippen LogP contribution in [0, 0.1) is 13.8 Å². The fourth-order valence-electron chi connectivity index (χ4n) is 1.84. The molecule has 3 nitrogen and oxygen atoms in total. The molecule has 0 bridgehead atoms. The molecule has 1 aromatic carbocycles. The van der Waals surface area contributed by atoms with Gasteiger partial charge in [0, 0.05) is 9.35 Å². The lowest BCUT2D eigenvalue weighted by molar-refractivity contribution is 0.468. The van der Waals surface area contributed by atoms with E-state index in [9.17, 15) is 0 Å². The number of halogens is 1. The fourth-order valence-corrected chi connectivity index (χ4v) is 3.09. The van der Waals surface area contributed by atoms with Gasteiger partial charge in [0.2, 0.25) is 5.88 Å². The van der Waals surface area contributed by atoms with E-state index in [1.54, 1.807) is 17.7 Å². The van der Waals surface area contributed by atoms with Gasteiger partial charge in [0.15, 0.2) is 0 Å². The first-order chi connectivity index (χ1) is 9.15. The van der Waals surface area contributed by atoms with Crippen molar-refractivity contribution in [2.45, 2.75) is 13.8 Å². The normalized spacial score (nSPS) is 10.9. The third-order valence-corrected chi connectivity index (χ3v) is 4.60. The van der Waals surface area contributed by atoms with E-state index >= 15 is 0 Å². The van der Waals surface area contributed by atoms with Gasteiger partial charge in [-0.2, -0.15) is 0 Å². The Morgan fingerprint density at radius 2 is 1.84 bits per heavy atom. The van der Waals surface area contributed by atoms with E-state index in [-0.39, 0.29) is 0 Å². The molecule has 3 aromatic rings. The second-order valence-electron chi connectivity index (χ2n) is 4.20. The van der Waals surface area contributed by atoms with E-state index in [1.165, 1.54) is 10.4 Å². The van der Waals surface area contributed by atoms with E-state index in [0.717, 1.165) is 20.4 Å². The first-order valence-corrected chi connectivity index (χ1v) is 7.40. The van der Waals surface area contributed by atoms with Gasteiger partial charge < -0.3 is 4.74 Å². The Labute approximate surface area is 123 Å². The van der Waals surface area contributed by atoms with Crippen LogP contribution in [0.15, 0.2) is 35.1 Å². The van der Waals surface area contributed by atoms with Crippen LogP contribution in [0.4, 0.5) is 0 Å².